The molecule has 0 bridgehead atoms. The summed E-state index contributed by atoms with van der Waals surface area (Å²) in [6.45, 7) is 8.39. The molecule has 20 heavy (non-hydrogen) atoms. The van der Waals surface area contributed by atoms with Gasteiger partial charge in [0.25, 0.3) is 0 Å². The van der Waals surface area contributed by atoms with E-state index in [1.807, 2.05) is 12.1 Å². The van der Waals surface area contributed by atoms with Gasteiger partial charge in [-0.1, -0.05) is 39.8 Å². The number of benzene rings is 1. The molecule has 0 heterocycles. The predicted octanol–water partition coefficient (Wildman–Crippen LogP) is 3.07. The first-order valence-corrected chi connectivity index (χ1v) is 6.98. The van der Waals surface area contributed by atoms with Crippen molar-refractivity contribution in [3.05, 3.63) is 28.8 Å². The largest absolute Gasteiger partial charge is 0.496 e. The van der Waals surface area contributed by atoms with Gasteiger partial charge in [0.1, 0.15) is 5.75 Å². The van der Waals surface area contributed by atoms with Crippen LogP contribution in [0.15, 0.2) is 12.1 Å². The molecule has 0 aromatic heterocycles. The fourth-order valence-electron chi connectivity index (χ4n) is 2.37. The lowest BCUT2D eigenvalue weighted by Gasteiger charge is -2.22. The second kappa shape index (κ2) is 6.75. The molecule has 0 spiro atoms. The minimum Gasteiger partial charge on any atom is -0.496 e. The molecule has 0 saturated heterocycles. The lowest BCUT2D eigenvalue weighted by Crippen LogP contribution is -2.21. The van der Waals surface area contributed by atoms with E-state index in [4.69, 9.17) is 10.5 Å². The zero-order chi connectivity index (χ0) is 15.4. The smallest absolute Gasteiger partial charge is 0.312 e. The number of ether oxygens (including phenoxy) is 1. The fourth-order valence-corrected chi connectivity index (χ4v) is 2.37. The molecular weight excluding hydrogens is 254 g/mol. The van der Waals surface area contributed by atoms with Gasteiger partial charge in [0.2, 0.25) is 0 Å². The zero-order valence-corrected chi connectivity index (χ0v) is 12.9. The average Bonchev–Trinajstić information content (AvgIpc) is 2.37. The first-order valence-electron chi connectivity index (χ1n) is 6.98. The highest BCUT2D eigenvalue weighted by molar-refractivity contribution is 5.77. The zero-order valence-electron chi connectivity index (χ0n) is 12.9. The van der Waals surface area contributed by atoms with Crippen LogP contribution in [0.4, 0.5) is 0 Å². The first kappa shape index (κ1) is 16.5. The number of carboxylic acid groups (broad SMARTS) is 1. The van der Waals surface area contributed by atoms with Crippen LogP contribution in [0.25, 0.3) is 0 Å². The Labute approximate surface area is 120 Å². The van der Waals surface area contributed by atoms with Crippen LogP contribution in [0.5, 0.6) is 5.75 Å². The van der Waals surface area contributed by atoms with Crippen molar-refractivity contribution in [1.29, 1.82) is 0 Å². The van der Waals surface area contributed by atoms with E-state index >= 15 is 0 Å². The van der Waals surface area contributed by atoms with Gasteiger partial charge in [-0.25, -0.2) is 0 Å². The van der Waals surface area contributed by atoms with E-state index in [1.165, 1.54) is 0 Å². The second-order valence-corrected chi connectivity index (χ2v) is 5.67. The molecule has 1 aromatic carbocycles. The number of carboxylic acids is 1. The molecule has 0 aliphatic carbocycles. The van der Waals surface area contributed by atoms with Crippen LogP contribution in [0, 0.1) is 0 Å². The van der Waals surface area contributed by atoms with Crippen LogP contribution >= 0.6 is 0 Å². The minimum absolute atomic E-state index is 0.0940. The van der Waals surface area contributed by atoms with E-state index in [-0.39, 0.29) is 18.4 Å². The summed E-state index contributed by atoms with van der Waals surface area (Å²) >= 11 is 0. The van der Waals surface area contributed by atoms with E-state index in [9.17, 15) is 9.90 Å². The van der Waals surface area contributed by atoms with Crippen LogP contribution < -0.4 is 10.5 Å². The molecule has 0 radical (unpaired) electrons. The van der Waals surface area contributed by atoms with Crippen molar-refractivity contribution in [2.24, 2.45) is 5.73 Å². The minimum atomic E-state index is -0.887. The number of carbonyl (C=O) groups is 1. The summed E-state index contributed by atoms with van der Waals surface area (Å²) in [7, 11) is 1.66. The lowest BCUT2D eigenvalue weighted by molar-refractivity contribution is -0.138. The summed E-state index contributed by atoms with van der Waals surface area (Å²) in [5, 5.41) is 9.30. The molecule has 1 aromatic rings. The van der Waals surface area contributed by atoms with Gasteiger partial charge in [-0.05, 0) is 28.5 Å². The van der Waals surface area contributed by atoms with Crippen LogP contribution in [0.1, 0.15) is 62.1 Å². The van der Waals surface area contributed by atoms with Crippen molar-refractivity contribution in [1.82, 2.24) is 0 Å². The molecular formula is C16H25NO3. The van der Waals surface area contributed by atoms with Crippen molar-refractivity contribution in [3.8, 4) is 5.75 Å². The normalized spacial score (nSPS) is 12.8. The Morgan fingerprint density at radius 3 is 1.90 bits per heavy atom. The third kappa shape index (κ3) is 3.31. The second-order valence-electron chi connectivity index (χ2n) is 5.67. The topological polar surface area (TPSA) is 72.5 Å². The van der Waals surface area contributed by atoms with E-state index in [1.54, 1.807) is 7.11 Å². The maximum Gasteiger partial charge on any atom is 0.312 e. The Hall–Kier alpha value is -1.55. The molecule has 0 fully saturated rings. The summed E-state index contributed by atoms with van der Waals surface area (Å²) in [6.07, 6.45) is 0. The number of hydrogen-bond donors (Lipinski definition) is 2. The van der Waals surface area contributed by atoms with E-state index in [0.717, 1.165) is 22.4 Å². The van der Waals surface area contributed by atoms with Crippen LogP contribution in [0.3, 0.4) is 0 Å². The Kier molecular flexibility index (Phi) is 5.57. The average molecular weight is 279 g/mol. The van der Waals surface area contributed by atoms with E-state index < -0.39 is 11.9 Å². The molecule has 112 valence electrons. The van der Waals surface area contributed by atoms with Crippen molar-refractivity contribution in [2.45, 2.75) is 45.4 Å². The Balaban J connectivity index is 3.52. The number of rotatable bonds is 6. The summed E-state index contributed by atoms with van der Waals surface area (Å²) in [6, 6.07) is 3.84. The van der Waals surface area contributed by atoms with Crippen LogP contribution in [-0.4, -0.2) is 24.7 Å². The molecule has 4 heteroatoms. The van der Waals surface area contributed by atoms with Gasteiger partial charge < -0.3 is 15.6 Å². The Bertz CT molecular complexity index is 452. The Morgan fingerprint density at radius 2 is 1.65 bits per heavy atom. The maximum absolute atomic E-state index is 11.3. The van der Waals surface area contributed by atoms with Crippen molar-refractivity contribution in [3.63, 3.8) is 0 Å². The quantitative estimate of drug-likeness (QED) is 0.839. The highest BCUT2D eigenvalue weighted by Crippen LogP contribution is 2.37. The molecule has 0 saturated carbocycles. The monoisotopic (exact) mass is 279 g/mol. The third-order valence-electron chi connectivity index (χ3n) is 3.55. The molecule has 4 nitrogen and oxygen atoms in total. The summed E-state index contributed by atoms with van der Waals surface area (Å²) in [4.78, 5) is 11.3. The molecule has 0 aliphatic rings. The van der Waals surface area contributed by atoms with Crippen molar-refractivity contribution in [2.75, 3.05) is 13.7 Å². The van der Waals surface area contributed by atoms with E-state index in [2.05, 4.69) is 27.7 Å². The molecule has 3 N–H and O–H groups in total. The van der Waals surface area contributed by atoms with Gasteiger partial charge in [-0.2, -0.15) is 0 Å². The van der Waals surface area contributed by atoms with Crippen LogP contribution in [-0.2, 0) is 4.79 Å². The summed E-state index contributed by atoms with van der Waals surface area (Å²) in [5.74, 6) is -0.179. The maximum atomic E-state index is 11.3. The molecule has 1 unspecified atom stereocenters. The SMILES string of the molecule is COc1c(C(C)C)cc(C(CN)C(=O)O)cc1C(C)C. The predicted molar refractivity (Wildman–Crippen MR) is 80.6 cm³/mol. The van der Waals surface area contributed by atoms with Crippen LogP contribution in [0.2, 0.25) is 0 Å². The number of hydrogen-bond acceptors (Lipinski definition) is 3. The standard InChI is InChI=1S/C16H25NO3/c1-9(2)12-6-11(14(8-17)16(18)19)7-13(10(3)4)15(12)20-5/h6-7,9-10,14H,8,17H2,1-5H3,(H,18,19). The van der Waals surface area contributed by atoms with Gasteiger partial charge in [-0.3, -0.25) is 4.79 Å². The van der Waals surface area contributed by atoms with Crippen molar-refractivity contribution >= 4 is 5.97 Å². The van der Waals surface area contributed by atoms with E-state index in [0.29, 0.717) is 0 Å². The number of methoxy groups -OCH3 is 1. The van der Waals surface area contributed by atoms with Gasteiger partial charge in [0, 0.05) is 6.54 Å². The molecule has 0 amide bonds. The summed E-state index contributed by atoms with van der Waals surface area (Å²) in [5.41, 5.74) is 8.45. The fraction of sp³-hybridized carbons (Fsp3) is 0.562. The molecule has 1 atom stereocenters. The molecule has 1 rings (SSSR count). The highest BCUT2D eigenvalue weighted by Gasteiger charge is 2.23. The van der Waals surface area contributed by atoms with Gasteiger partial charge in [-0.15, -0.1) is 0 Å². The van der Waals surface area contributed by atoms with Gasteiger partial charge in [0.05, 0.1) is 13.0 Å². The third-order valence-corrected chi connectivity index (χ3v) is 3.55. The number of aliphatic carboxylic acids is 1. The number of nitrogens with two attached hydrogens (primary N) is 1. The van der Waals surface area contributed by atoms with Gasteiger partial charge in [0.15, 0.2) is 0 Å². The Morgan fingerprint density at radius 1 is 1.20 bits per heavy atom. The van der Waals surface area contributed by atoms with Gasteiger partial charge >= 0.3 is 5.97 Å². The highest BCUT2D eigenvalue weighted by atomic mass is 16.5. The van der Waals surface area contributed by atoms with Crippen molar-refractivity contribution < 1.29 is 14.6 Å². The molecule has 0 aliphatic heterocycles. The lowest BCUT2D eigenvalue weighted by atomic mass is 9.87. The first-order chi connectivity index (χ1) is 9.33. The summed E-state index contributed by atoms with van der Waals surface area (Å²) < 4.78 is 5.55.